The van der Waals surface area contributed by atoms with Gasteiger partial charge in [0, 0.05) is 24.0 Å². The van der Waals surface area contributed by atoms with Gasteiger partial charge in [-0.25, -0.2) is 4.79 Å². The van der Waals surface area contributed by atoms with Gasteiger partial charge in [-0.1, -0.05) is 12.8 Å². The first-order chi connectivity index (χ1) is 8.80. The number of fused-ring (bicyclic) bond motifs is 1. The molecule has 2 aliphatic heterocycles. The Morgan fingerprint density at radius 1 is 1.32 bits per heavy atom. The van der Waals surface area contributed by atoms with Crippen molar-refractivity contribution in [1.82, 2.24) is 4.90 Å². The summed E-state index contributed by atoms with van der Waals surface area (Å²) in [4.78, 5) is 14.2. The Hall–Kier alpha value is -0.770. The van der Waals surface area contributed by atoms with Crippen molar-refractivity contribution < 1.29 is 9.53 Å². The Labute approximate surface area is 115 Å². The summed E-state index contributed by atoms with van der Waals surface area (Å²) in [5.74, 6) is 1.13. The number of hydrogen-bond donors (Lipinski definition) is 1. The first-order valence-corrected chi connectivity index (χ1v) is 7.59. The molecule has 2 aliphatic carbocycles. The number of ether oxygens (including phenoxy) is 1. The molecule has 4 heteroatoms. The van der Waals surface area contributed by atoms with Gasteiger partial charge in [0.15, 0.2) is 0 Å². The van der Waals surface area contributed by atoms with Crippen LogP contribution in [0.5, 0.6) is 0 Å². The van der Waals surface area contributed by atoms with Gasteiger partial charge in [-0.3, -0.25) is 0 Å². The second-order valence-corrected chi connectivity index (χ2v) is 7.66. The summed E-state index contributed by atoms with van der Waals surface area (Å²) in [6.45, 7) is 6.61. The SMILES string of the molecule is CC(C)(C)OC(=O)N1C[C@@H]2C[C@H]1C2C1(N)CCCC1. The van der Waals surface area contributed by atoms with Crippen LogP contribution in [0, 0.1) is 11.8 Å². The van der Waals surface area contributed by atoms with E-state index in [0.717, 1.165) is 25.8 Å². The van der Waals surface area contributed by atoms with E-state index in [1.807, 2.05) is 25.7 Å². The molecule has 4 nitrogen and oxygen atoms in total. The van der Waals surface area contributed by atoms with Gasteiger partial charge >= 0.3 is 6.09 Å². The van der Waals surface area contributed by atoms with Crippen LogP contribution < -0.4 is 5.73 Å². The van der Waals surface area contributed by atoms with Gasteiger partial charge in [-0.05, 0) is 46.0 Å². The summed E-state index contributed by atoms with van der Waals surface area (Å²) in [5.41, 5.74) is 6.18. The summed E-state index contributed by atoms with van der Waals surface area (Å²) in [7, 11) is 0. The van der Waals surface area contributed by atoms with E-state index in [-0.39, 0.29) is 11.6 Å². The van der Waals surface area contributed by atoms with E-state index in [9.17, 15) is 4.79 Å². The lowest BCUT2D eigenvalue weighted by Gasteiger charge is -2.46. The molecule has 2 N–H and O–H groups in total. The normalized spacial score (nSPS) is 36.2. The Morgan fingerprint density at radius 2 is 1.95 bits per heavy atom. The second kappa shape index (κ2) is 4.11. The number of carbonyl (C=O) groups is 1. The van der Waals surface area contributed by atoms with Crippen LogP contribution in [0.2, 0.25) is 0 Å². The number of carbonyl (C=O) groups excluding carboxylic acids is 1. The molecule has 2 saturated heterocycles. The van der Waals surface area contributed by atoms with Crippen molar-refractivity contribution in [2.45, 2.75) is 70.1 Å². The zero-order valence-electron chi connectivity index (χ0n) is 12.3. The highest BCUT2D eigenvalue weighted by Gasteiger charge is 2.61. The lowest BCUT2D eigenvalue weighted by Crippen LogP contribution is -2.58. The van der Waals surface area contributed by atoms with Gasteiger partial charge in [0.2, 0.25) is 0 Å². The third-order valence-electron chi connectivity index (χ3n) is 5.12. The van der Waals surface area contributed by atoms with Crippen LogP contribution in [-0.2, 0) is 4.74 Å². The van der Waals surface area contributed by atoms with Gasteiger partial charge in [-0.15, -0.1) is 0 Å². The molecular weight excluding hydrogens is 240 g/mol. The number of nitrogens with two attached hydrogens (primary N) is 1. The summed E-state index contributed by atoms with van der Waals surface area (Å²) >= 11 is 0. The number of amides is 1. The third-order valence-corrected chi connectivity index (χ3v) is 5.12. The highest BCUT2D eigenvalue weighted by Crippen LogP contribution is 2.54. The minimum atomic E-state index is -0.409. The largest absolute Gasteiger partial charge is 0.444 e. The number of nitrogens with zero attached hydrogens (tertiary/aromatic N) is 1. The molecule has 0 aromatic heterocycles. The topological polar surface area (TPSA) is 55.6 Å². The molecule has 3 atom stereocenters. The molecule has 4 fully saturated rings. The quantitative estimate of drug-likeness (QED) is 0.793. The molecule has 4 rings (SSSR count). The van der Waals surface area contributed by atoms with Gasteiger partial charge in [-0.2, -0.15) is 0 Å². The maximum atomic E-state index is 12.2. The summed E-state index contributed by atoms with van der Waals surface area (Å²) in [6.07, 6.45) is 5.74. The molecule has 0 radical (unpaired) electrons. The third kappa shape index (κ3) is 2.14. The molecule has 4 aliphatic rings. The van der Waals surface area contributed by atoms with Crippen molar-refractivity contribution in [3.05, 3.63) is 0 Å². The standard InChI is InChI=1S/C15H26N2O2/c1-14(2,3)19-13(18)17-9-10-8-11(17)12(10)15(16)6-4-5-7-15/h10-12H,4-9,16H2,1-3H3/t10-,11-,12?/m0/s1. The zero-order valence-corrected chi connectivity index (χ0v) is 12.3. The molecule has 108 valence electrons. The minimum Gasteiger partial charge on any atom is -0.444 e. The van der Waals surface area contributed by atoms with Crippen LogP contribution >= 0.6 is 0 Å². The van der Waals surface area contributed by atoms with Gasteiger partial charge in [0.05, 0.1) is 0 Å². The fourth-order valence-electron chi connectivity index (χ4n) is 4.37. The molecule has 2 bridgehead atoms. The Morgan fingerprint density at radius 3 is 2.53 bits per heavy atom. The van der Waals surface area contributed by atoms with Crippen molar-refractivity contribution in [2.75, 3.05) is 6.54 Å². The van der Waals surface area contributed by atoms with Gasteiger partial charge in [0.25, 0.3) is 0 Å². The molecule has 0 spiro atoms. The van der Waals surface area contributed by atoms with Crippen molar-refractivity contribution in [3.63, 3.8) is 0 Å². The van der Waals surface area contributed by atoms with Crippen LogP contribution in [0.1, 0.15) is 52.9 Å². The average Bonchev–Trinajstić information content (AvgIpc) is 2.87. The maximum Gasteiger partial charge on any atom is 0.410 e. The molecule has 1 amide bonds. The molecule has 0 aromatic carbocycles. The number of hydrogen-bond acceptors (Lipinski definition) is 3. The van der Waals surface area contributed by atoms with Crippen molar-refractivity contribution in [2.24, 2.45) is 17.6 Å². The average molecular weight is 266 g/mol. The Bertz CT molecular complexity index is 382. The van der Waals surface area contributed by atoms with Crippen LogP contribution in [0.25, 0.3) is 0 Å². The predicted octanol–water partition coefficient (Wildman–Crippen LogP) is 2.51. The first-order valence-electron chi connectivity index (χ1n) is 7.59. The van der Waals surface area contributed by atoms with E-state index in [1.54, 1.807) is 0 Å². The van der Waals surface area contributed by atoms with E-state index in [1.165, 1.54) is 12.8 Å². The van der Waals surface area contributed by atoms with E-state index in [2.05, 4.69) is 0 Å². The lowest BCUT2D eigenvalue weighted by molar-refractivity contribution is 0.0131. The molecule has 2 saturated carbocycles. The van der Waals surface area contributed by atoms with Crippen LogP contribution in [0.15, 0.2) is 0 Å². The fraction of sp³-hybridized carbons (Fsp3) is 0.933. The summed E-state index contributed by atoms with van der Waals surface area (Å²) in [6, 6.07) is 0.336. The summed E-state index contributed by atoms with van der Waals surface area (Å²) in [5, 5.41) is 0. The van der Waals surface area contributed by atoms with Crippen molar-refractivity contribution >= 4 is 6.09 Å². The van der Waals surface area contributed by atoms with Gasteiger partial charge < -0.3 is 15.4 Å². The Kier molecular flexibility index (Phi) is 2.86. The molecule has 19 heavy (non-hydrogen) atoms. The Balaban J connectivity index is 1.67. The van der Waals surface area contributed by atoms with Gasteiger partial charge in [0.1, 0.15) is 5.60 Å². The molecule has 2 heterocycles. The van der Waals surface area contributed by atoms with Crippen molar-refractivity contribution in [3.8, 4) is 0 Å². The van der Waals surface area contributed by atoms with E-state index in [0.29, 0.717) is 17.9 Å². The first kappa shape index (κ1) is 13.2. The lowest BCUT2D eigenvalue weighted by atomic mass is 9.63. The van der Waals surface area contributed by atoms with E-state index >= 15 is 0 Å². The van der Waals surface area contributed by atoms with Crippen LogP contribution in [0.4, 0.5) is 4.79 Å². The van der Waals surface area contributed by atoms with E-state index in [4.69, 9.17) is 10.5 Å². The predicted molar refractivity (Wildman–Crippen MR) is 73.7 cm³/mol. The van der Waals surface area contributed by atoms with Crippen molar-refractivity contribution in [1.29, 1.82) is 0 Å². The van der Waals surface area contributed by atoms with E-state index < -0.39 is 5.60 Å². The summed E-state index contributed by atoms with van der Waals surface area (Å²) < 4.78 is 5.51. The van der Waals surface area contributed by atoms with Crippen LogP contribution in [-0.4, -0.2) is 34.7 Å². The molecule has 0 aromatic rings. The molecule has 1 unspecified atom stereocenters. The fourth-order valence-corrected chi connectivity index (χ4v) is 4.37. The smallest absolute Gasteiger partial charge is 0.410 e. The highest BCUT2D eigenvalue weighted by atomic mass is 16.6. The molecular formula is C15H26N2O2. The minimum absolute atomic E-state index is 0.00958. The number of rotatable bonds is 1. The monoisotopic (exact) mass is 266 g/mol. The highest BCUT2D eigenvalue weighted by molar-refractivity contribution is 5.70. The zero-order chi connectivity index (χ0) is 13.8. The maximum absolute atomic E-state index is 12.2. The van der Waals surface area contributed by atoms with Crippen LogP contribution in [0.3, 0.4) is 0 Å². The second-order valence-electron chi connectivity index (χ2n) is 7.66.